The molecule has 0 amide bonds. The van der Waals surface area contributed by atoms with Gasteiger partial charge in [-0.25, -0.2) is 0 Å². The minimum Gasteiger partial charge on any atom is -0.498 e. The third-order valence-electron chi connectivity index (χ3n) is 2.48. The lowest BCUT2D eigenvalue weighted by Gasteiger charge is -2.22. The fourth-order valence-corrected chi connectivity index (χ4v) is 1.63. The first kappa shape index (κ1) is 10.2. The summed E-state index contributed by atoms with van der Waals surface area (Å²) in [4.78, 5) is 0. The Bertz CT molecular complexity index is 319. The van der Waals surface area contributed by atoms with Gasteiger partial charge in [-0.1, -0.05) is 30.3 Å². The van der Waals surface area contributed by atoms with Crippen LogP contribution in [-0.2, 0) is 16.1 Å². The summed E-state index contributed by atoms with van der Waals surface area (Å²) >= 11 is 0. The SMILES string of the molecule is CC1CC(OCc2ccccc2)C=CO1. The molecule has 2 heteroatoms. The molecule has 0 saturated heterocycles. The molecule has 0 aromatic heterocycles. The molecule has 0 spiro atoms. The first-order valence-electron chi connectivity index (χ1n) is 5.32. The molecule has 2 nitrogen and oxygen atoms in total. The highest BCUT2D eigenvalue weighted by molar-refractivity contribution is 5.13. The lowest BCUT2D eigenvalue weighted by atomic mass is 10.1. The minimum atomic E-state index is 0.189. The van der Waals surface area contributed by atoms with Gasteiger partial charge in [0.1, 0.15) is 0 Å². The van der Waals surface area contributed by atoms with Gasteiger partial charge in [-0.2, -0.15) is 0 Å². The molecule has 1 aromatic rings. The van der Waals surface area contributed by atoms with Crippen molar-refractivity contribution < 1.29 is 9.47 Å². The van der Waals surface area contributed by atoms with Crippen LogP contribution in [0.4, 0.5) is 0 Å². The molecule has 1 aliphatic heterocycles. The average Bonchev–Trinajstić information content (AvgIpc) is 2.28. The van der Waals surface area contributed by atoms with E-state index in [9.17, 15) is 0 Å². The van der Waals surface area contributed by atoms with Crippen LogP contribution in [0.2, 0.25) is 0 Å². The number of hydrogen-bond donors (Lipinski definition) is 0. The molecule has 0 bridgehead atoms. The Morgan fingerprint density at radius 3 is 2.87 bits per heavy atom. The van der Waals surface area contributed by atoms with Gasteiger partial charge < -0.3 is 9.47 Å². The molecule has 1 aromatic carbocycles. The Hall–Kier alpha value is -1.28. The maximum absolute atomic E-state index is 5.77. The zero-order valence-corrected chi connectivity index (χ0v) is 8.93. The average molecular weight is 204 g/mol. The third kappa shape index (κ3) is 3.10. The smallest absolute Gasteiger partial charge is 0.0978 e. The highest BCUT2D eigenvalue weighted by Gasteiger charge is 2.15. The van der Waals surface area contributed by atoms with Crippen LogP contribution in [0.25, 0.3) is 0 Å². The topological polar surface area (TPSA) is 18.5 Å². The van der Waals surface area contributed by atoms with Gasteiger partial charge in [-0.15, -0.1) is 0 Å². The lowest BCUT2D eigenvalue weighted by molar-refractivity contribution is 0.0136. The predicted molar refractivity (Wildman–Crippen MR) is 59.3 cm³/mol. The molecule has 1 aliphatic rings. The molecule has 0 N–H and O–H groups in total. The highest BCUT2D eigenvalue weighted by Crippen LogP contribution is 2.15. The van der Waals surface area contributed by atoms with E-state index in [1.165, 1.54) is 5.56 Å². The van der Waals surface area contributed by atoms with Crippen LogP contribution in [-0.4, -0.2) is 12.2 Å². The van der Waals surface area contributed by atoms with Gasteiger partial charge >= 0.3 is 0 Å². The summed E-state index contributed by atoms with van der Waals surface area (Å²) in [5, 5.41) is 0. The van der Waals surface area contributed by atoms with Crippen molar-refractivity contribution in [3.8, 4) is 0 Å². The maximum Gasteiger partial charge on any atom is 0.0978 e. The monoisotopic (exact) mass is 204 g/mol. The van der Waals surface area contributed by atoms with Crippen molar-refractivity contribution in [1.29, 1.82) is 0 Å². The van der Waals surface area contributed by atoms with Gasteiger partial charge in [0, 0.05) is 6.42 Å². The minimum absolute atomic E-state index is 0.189. The standard InChI is InChI=1S/C13H16O2/c1-11-9-13(7-8-14-11)15-10-12-5-3-2-4-6-12/h2-8,11,13H,9-10H2,1H3. The van der Waals surface area contributed by atoms with Gasteiger partial charge in [0.05, 0.1) is 25.1 Å². The van der Waals surface area contributed by atoms with E-state index in [1.807, 2.05) is 24.3 Å². The largest absolute Gasteiger partial charge is 0.498 e. The fraction of sp³-hybridized carbons (Fsp3) is 0.385. The van der Waals surface area contributed by atoms with Gasteiger partial charge in [-0.05, 0) is 18.6 Å². The Morgan fingerprint density at radius 2 is 2.13 bits per heavy atom. The molecule has 0 aliphatic carbocycles. The van der Waals surface area contributed by atoms with E-state index in [0.29, 0.717) is 6.61 Å². The fourth-order valence-electron chi connectivity index (χ4n) is 1.63. The Labute approximate surface area is 90.5 Å². The lowest BCUT2D eigenvalue weighted by Crippen LogP contribution is -2.21. The van der Waals surface area contributed by atoms with Crippen LogP contribution in [0.3, 0.4) is 0 Å². The van der Waals surface area contributed by atoms with Crippen molar-refractivity contribution in [1.82, 2.24) is 0 Å². The predicted octanol–water partition coefficient (Wildman–Crippen LogP) is 2.89. The highest BCUT2D eigenvalue weighted by atomic mass is 16.5. The molecular weight excluding hydrogens is 188 g/mol. The Balaban J connectivity index is 1.83. The molecule has 0 radical (unpaired) electrons. The summed E-state index contributed by atoms with van der Waals surface area (Å²) in [5.74, 6) is 0. The van der Waals surface area contributed by atoms with Crippen molar-refractivity contribution >= 4 is 0 Å². The first-order valence-corrected chi connectivity index (χ1v) is 5.32. The second-order valence-corrected chi connectivity index (χ2v) is 3.85. The van der Waals surface area contributed by atoms with Gasteiger partial charge in [0.15, 0.2) is 0 Å². The van der Waals surface area contributed by atoms with E-state index in [2.05, 4.69) is 19.1 Å². The summed E-state index contributed by atoms with van der Waals surface area (Å²) in [6.07, 6.45) is 5.10. The second kappa shape index (κ2) is 4.99. The zero-order chi connectivity index (χ0) is 10.5. The Kier molecular flexibility index (Phi) is 3.41. The van der Waals surface area contributed by atoms with Crippen LogP contribution >= 0.6 is 0 Å². The molecule has 15 heavy (non-hydrogen) atoms. The molecule has 0 fully saturated rings. The van der Waals surface area contributed by atoms with Crippen molar-refractivity contribution in [3.63, 3.8) is 0 Å². The van der Waals surface area contributed by atoms with Gasteiger partial charge in [-0.3, -0.25) is 0 Å². The van der Waals surface area contributed by atoms with E-state index in [1.54, 1.807) is 6.26 Å². The molecule has 2 rings (SSSR count). The second-order valence-electron chi connectivity index (χ2n) is 3.85. The van der Waals surface area contributed by atoms with Crippen molar-refractivity contribution in [2.75, 3.05) is 0 Å². The number of ether oxygens (including phenoxy) is 2. The van der Waals surface area contributed by atoms with Crippen LogP contribution in [0.1, 0.15) is 18.9 Å². The third-order valence-corrected chi connectivity index (χ3v) is 2.48. The normalized spacial score (nSPS) is 24.9. The first-order chi connectivity index (χ1) is 7.34. The van der Waals surface area contributed by atoms with Gasteiger partial charge in [0.2, 0.25) is 0 Å². The van der Waals surface area contributed by atoms with E-state index >= 15 is 0 Å². The summed E-state index contributed by atoms with van der Waals surface area (Å²) in [5.41, 5.74) is 1.21. The number of benzene rings is 1. The molecule has 80 valence electrons. The van der Waals surface area contributed by atoms with Crippen LogP contribution in [0.5, 0.6) is 0 Å². The maximum atomic E-state index is 5.77. The summed E-state index contributed by atoms with van der Waals surface area (Å²) in [6, 6.07) is 10.2. The quantitative estimate of drug-likeness (QED) is 0.753. The van der Waals surface area contributed by atoms with Crippen molar-refractivity contribution in [2.24, 2.45) is 0 Å². The van der Waals surface area contributed by atoms with E-state index in [0.717, 1.165) is 6.42 Å². The van der Waals surface area contributed by atoms with Crippen LogP contribution in [0, 0.1) is 0 Å². The van der Waals surface area contributed by atoms with E-state index in [-0.39, 0.29) is 12.2 Å². The number of hydrogen-bond acceptors (Lipinski definition) is 2. The van der Waals surface area contributed by atoms with E-state index in [4.69, 9.17) is 9.47 Å². The Morgan fingerprint density at radius 1 is 1.33 bits per heavy atom. The molecular formula is C13H16O2. The molecule has 2 unspecified atom stereocenters. The van der Waals surface area contributed by atoms with Crippen molar-refractivity contribution in [2.45, 2.75) is 32.2 Å². The van der Waals surface area contributed by atoms with Gasteiger partial charge in [0.25, 0.3) is 0 Å². The molecule has 0 saturated carbocycles. The molecule has 1 heterocycles. The summed E-state index contributed by atoms with van der Waals surface area (Å²) < 4.78 is 11.1. The summed E-state index contributed by atoms with van der Waals surface area (Å²) in [6.45, 7) is 2.73. The molecule has 2 atom stereocenters. The van der Waals surface area contributed by atoms with Crippen molar-refractivity contribution in [3.05, 3.63) is 48.2 Å². The summed E-state index contributed by atoms with van der Waals surface area (Å²) in [7, 11) is 0. The zero-order valence-electron chi connectivity index (χ0n) is 8.93. The van der Waals surface area contributed by atoms with E-state index < -0.39 is 0 Å². The van der Waals surface area contributed by atoms with Crippen LogP contribution in [0.15, 0.2) is 42.7 Å². The number of rotatable bonds is 3. The van der Waals surface area contributed by atoms with Crippen LogP contribution < -0.4 is 0 Å².